The van der Waals surface area contributed by atoms with Gasteiger partial charge in [0.05, 0.1) is 4.83 Å². The molecular formula is C15H16Br2O. The van der Waals surface area contributed by atoms with Crippen LogP contribution in [0.15, 0.2) is 27.1 Å². The van der Waals surface area contributed by atoms with Gasteiger partial charge >= 0.3 is 0 Å². The van der Waals surface area contributed by atoms with Gasteiger partial charge in [0.2, 0.25) is 0 Å². The lowest BCUT2D eigenvalue weighted by Crippen LogP contribution is -2.00. The lowest BCUT2D eigenvalue weighted by molar-refractivity contribution is 0.491. The third-order valence-electron chi connectivity index (χ3n) is 3.20. The van der Waals surface area contributed by atoms with Gasteiger partial charge in [0.25, 0.3) is 0 Å². The van der Waals surface area contributed by atoms with Crippen LogP contribution in [-0.4, -0.2) is 0 Å². The summed E-state index contributed by atoms with van der Waals surface area (Å²) in [6.45, 7) is 8.37. The molecule has 1 aromatic heterocycles. The Morgan fingerprint density at radius 2 is 1.72 bits per heavy atom. The Bertz CT molecular complexity index is 584. The maximum absolute atomic E-state index is 5.72. The highest BCUT2D eigenvalue weighted by Crippen LogP contribution is 2.39. The molecule has 0 saturated heterocycles. The van der Waals surface area contributed by atoms with Gasteiger partial charge in [-0.25, -0.2) is 0 Å². The molecule has 1 nitrogen and oxygen atoms in total. The van der Waals surface area contributed by atoms with Crippen molar-refractivity contribution in [1.82, 2.24) is 0 Å². The van der Waals surface area contributed by atoms with Crippen molar-refractivity contribution in [3.63, 3.8) is 0 Å². The first-order chi connectivity index (χ1) is 8.41. The minimum atomic E-state index is 0.100. The van der Waals surface area contributed by atoms with Crippen molar-refractivity contribution in [3.05, 3.63) is 56.4 Å². The summed E-state index contributed by atoms with van der Waals surface area (Å²) in [5.41, 5.74) is 5.10. The highest BCUT2D eigenvalue weighted by Gasteiger charge is 2.20. The van der Waals surface area contributed by atoms with E-state index < -0.39 is 0 Å². The second-order valence-electron chi connectivity index (χ2n) is 4.67. The first kappa shape index (κ1) is 13.9. The summed E-state index contributed by atoms with van der Waals surface area (Å²) in [7, 11) is 0. The van der Waals surface area contributed by atoms with Gasteiger partial charge in [-0.2, -0.15) is 0 Å². The Balaban J connectivity index is 2.54. The number of alkyl halides is 1. The maximum atomic E-state index is 5.72. The third kappa shape index (κ3) is 2.43. The van der Waals surface area contributed by atoms with Gasteiger partial charge in [0, 0.05) is 4.47 Å². The Kier molecular flexibility index (Phi) is 4.02. The van der Waals surface area contributed by atoms with Crippen LogP contribution in [-0.2, 0) is 0 Å². The first-order valence-electron chi connectivity index (χ1n) is 5.88. The largest absolute Gasteiger partial charge is 0.465 e. The molecule has 3 heteroatoms. The van der Waals surface area contributed by atoms with Crippen LogP contribution >= 0.6 is 31.9 Å². The van der Waals surface area contributed by atoms with E-state index >= 15 is 0 Å². The van der Waals surface area contributed by atoms with Crippen LogP contribution in [0.4, 0.5) is 0 Å². The number of furan rings is 1. The summed E-state index contributed by atoms with van der Waals surface area (Å²) >= 11 is 7.41. The van der Waals surface area contributed by atoms with E-state index in [0.29, 0.717) is 0 Å². The highest BCUT2D eigenvalue weighted by molar-refractivity contribution is 9.10. The van der Waals surface area contributed by atoms with Gasteiger partial charge in [0.1, 0.15) is 11.5 Å². The van der Waals surface area contributed by atoms with Gasteiger partial charge in [-0.05, 0) is 62.1 Å². The molecule has 0 fully saturated rings. The first-order valence-corrected chi connectivity index (χ1v) is 7.59. The molecule has 2 rings (SSSR count). The van der Waals surface area contributed by atoms with Gasteiger partial charge in [-0.3, -0.25) is 0 Å². The summed E-state index contributed by atoms with van der Waals surface area (Å²) < 4.78 is 6.89. The zero-order valence-electron chi connectivity index (χ0n) is 11.0. The van der Waals surface area contributed by atoms with Crippen LogP contribution in [0.3, 0.4) is 0 Å². The number of rotatable bonds is 2. The minimum absolute atomic E-state index is 0.100. The molecule has 1 heterocycles. The topological polar surface area (TPSA) is 13.1 Å². The molecule has 96 valence electrons. The summed E-state index contributed by atoms with van der Waals surface area (Å²) in [5.74, 6) is 1.89. The normalized spacial score (nSPS) is 12.8. The van der Waals surface area contributed by atoms with E-state index in [1.807, 2.05) is 19.1 Å². The second kappa shape index (κ2) is 5.22. The number of halogens is 2. The van der Waals surface area contributed by atoms with Crippen molar-refractivity contribution in [1.29, 1.82) is 0 Å². The van der Waals surface area contributed by atoms with Crippen molar-refractivity contribution < 1.29 is 4.42 Å². The van der Waals surface area contributed by atoms with Crippen LogP contribution in [0.25, 0.3) is 0 Å². The van der Waals surface area contributed by atoms with Crippen molar-refractivity contribution in [2.45, 2.75) is 32.5 Å². The summed E-state index contributed by atoms with van der Waals surface area (Å²) in [5, 5.41) is 0. The summed E-state index contributed by atoms with van der Waals surface area (Å²) in [6, 6.07) is 6.23. The van der Waals surface area contributed by atoms with Crippen LogP contribution in [0.1, 0.15) is 38.6 Å². The van der Waals surface area contributed by atoms with Gasteiger partial charge < -0.3 is 4.42 Å². The zero-order valence-corrected chi connectivity index (χ0v) is 14.1. The molecule has 0 aliphatic rings. The molecule has 0 amide bonds. The maximum Gasteiger partial charge on any atom is 0.122 e. The van der Waals surface area contributed by atoms with Crippen molar-refractivity contribution >= 4 is 31.9 Å². The molecule has 0 radical (unpaired) electrons. The third-order valence-corrected chi connectivity index (χ3v) is 5.33. The van der Waals surface area contributed by atoms with E-state index in [1.165, 1.54) is 26.7 Å². The number of aryl methyl sites for hydroxylation is 3. The Hall–Kier alpha value is -0.540. The molecule has 0 N–H and O–H groups in total. The lowest BCUT2D eigenvalue weighted by atomic mass is 9.96. The minimum Gasteiger partial charge on any atom is -0.465 e. The van der Waals surface area contributed by atoms with Crippen LogP contribution in [0, 0.1) is 27.7 Å². The Morgan fingerprint density at radius 3 is 2.28 bits per heavy atom. The van der Waals surface area contributed by atoms with E-state index in [9.17, 15) is 0 Å². The average molecular weight is 372 g/mol. The number of benzene rings is 1. The predicted molar refractivity (Wildman–Crippen MR) is 82.6 cm³/mol. The fraction of sp³-hybridized carbons (Fsp3) is 0.333. The highest BCUT2D eigenvalue weighted by atomic mass is 79.9. The summed E-state index contributed by atoms with van der Waals surface area (Å²) in [6.07, 6.45) is 0. The Morgan fingerprint density at radius 1 is 1.06 bits per heavy atom. The van der Waals surface area contributed by atoms with E-state index in [2.05, 4.69) is 58.7 Å². The number of hydrogen-bond acceptors (Lipinski definition) is 1. The standard InChI is InChI=1S/C15H16Br2O/c1-8-7-9(2)14(16)11(4)13(8)15(17)12-6-5-10(3)18-12/h5-7,15H,1-4H3. The fourth-order valence-corrected chi connectivity index (χ4v) is 3.58. The molecule has 0 aliphatic carbocycles. The summed E-state index contributed by atoms with van der Waals surface area (Å²) in [4.78, 5) is 0.100. The molecule has 0 spiro atoms. The smallest absolute Gasteiger partial charge is 0.122 e. The average Bonchev–Trinajstić information content (AvgIpc) is 2.73. The molecule has 2 aromatic rings. The van der Waals surface area contributed by atoms with Crippen LogP contribution < -0.4 is 0 Å². The van der Waals surface area contributed by atoms with E-state index in [4.69, 9.17) is 4.42 Å². The van der Waals surface area contributed by atoms with Gasteiger partial charge in [-0.1, -0.05) is 37.9 Å². The monoisotopic (exact) mass is 370 g/mol. The molecule has 1 atom stereocenters. The van der Waals surface area contributed by atoms with E-state index in [1.54, 1.807) is 0 Å². The van der Waals surface area contributed by atoms with Crippen molar-refractivity contribution in [3.8, 4) is 0 Å². The molecular weight excluding hydrogens is 356 g/mol. The number of hydrogen-bond donors (Lipinski definition) is 0. The molecule has 0 saturated carbocycles. The van der Waals surface area contributed by atoms with Crippen molar-refractivity contribution in [2.24, 2.45) is 0 Å². The van der Waals surface area contributed by atoms with E-state index in [-0.39, 0.29) is 4.83 Å². The predicted octanol–water partition coefficient (Wildman–Crippen LogP) is 5.76. The Labute approximate surface area is 125 Å². The molecule has 0 aliphatic heterocycles. The van der Waals surface area contributed by atoms with Gasteiger partial charge in [0.15, 0.2) is 0 Å². The van der Waals surface area contributed by atoms with Gasteiger partial charge in [-0.15, -0.1) is 0 Å². The van der Waals surface area contributed by atoms with Crippen molar-refractivity contribution in [2.75, 3.05) is 0 Å². The van der Waals surface area contributed by atoms with Crippen LogP contribution in [0.2, 0.25) is 0 Å². The van der Waals surface area contributed by atoms with Crippen LogP contribution in [0.5, 0.6) is 0 Å². The SMILES string of the molecule is Cc1ccc(C(Br)c2c(C)cc(C)c(Br)c2C)o1. The lowest BCUT2D eigenvalue weighted by Gasteiger charge is -2.17. The second-order valence-corrected chi connectivity index (χ2v) is 6.38. The fourth-order valence-electron chi connectivity index (χ4n) is 2.30. The van der Waals surface area contributed by atoms with E-state index in [0.717, 1.165) is 11.5 Å². The zero-order chi connectivity index (χ0) is 13.4. The molecule has 18 heavy (non-hydrogen) atoms. The molecule has 1 unspecified atom stereocenters. The molecule has 1 aromatic carbocycles. The quantitative estimate of drug-likeness (QED) is 0.611. The molecule has 0 bridgehead atoms.